The number of halogens is 1. The Kier molecular flexibility index (Phi) is 5.54. The van der Waals surface area contributed by atoms with E-state index in [1.807, 2.05) is 0 Å². The third kappa shape index (κ3) is 3.93. The molecule has 2 aliphatic heterocycles. The van der Waals surface area contributed by atoms with Gasteiger partial charge in [0.05, 0.1) is 19.8 Å². The maximum atomic E-state index is 11.9. The summed E-state index contributed by atoms with van der Waals surface area (Å²) in [5.41, 5.74) is 0.850. The fourth-order valence-corrected chi connectivity index (χ4v) is 2.57. The number of nitrogens with one attached hydrogen (secondary N) is 1. The number of aliphatic imine (C=N–C) groups is 1. The molecule has 8 nitrogen and oxygen atoms in total. The lowest BCUT2D eigenvalue weighted by atomic mass is 10.0. The molecule has 134 valence electrons. The molecule has 9 heteroatoms. The quantitative estimate of drug-likeness (QED) is 0.696. The van der Waals surface area contributed by atoms with Crippen molar-refractivity contribution in [3.63, 3.8) is 0 Å². The lowest BCUT2D eigenvalue weighted by molar-refractivity contribution is -0.120. The molecule has 0 saturated heterocycles. The number of nitrogens with zero attached hydrogens (tertiary/aromatic N) is 1. The molecule has 0 fully saturated rings. The van der Waals surface area contributed by atoms with E-state index in [2.05, 4.69) is 10.3 Å². The zero-order valence-corrected chi connectivity index (χ0v) is 14.2. The minimum Gasteiger partial charge on any atom is -0.489 e. The van der Waals surface area contributed by atoms with Crippen molar-refractivity contribution in [3.8, 4) is 11.5 Å². The molecule has 0 aromatic heterocycles. The number of ether oxygens (including phenoxy) is 4. The van der Waals surface area contributed by atoms with Crippen molar-refractivity contribution in [1.82, 2.24) is 5.32 Å². The minimum atomic E-state index is -1.34. The van der Waals surface area contributed by atoms with Gasteiger partial charge in [-0.05, 0) is 18.2 Å². The van der Waals surface area contributed by atoms with Crippen LogP contribution in [-0.4, -0.2) is 56.8 Å². The molecule has 2 heterocycles. The summed E-state index contributed by atoms with van der Waals surface area (Å²) in [5.74, 6) is 0.302. The van der Waals surface area contributed by atoms with Gasteiger partial charge in [0.1, 0.15) is 23.0 Å². The fourth-order valence-electron chi connectivity index (χ4n) is 2.30. The molecule has 0 spiro atoms. The van der Waals surface area contributed by atoms with Crippen LogP contribution < -0.4 is 14.8 Å². The first-order chi connectivity index (χ1) is 12.1. The van der Waals surface area contributed by atoms with Crippen LogP contribution in [0, 0.1) is 0 Å². The van der Waals surface area contributed by atoms with Crippen LogP contribution >= 0.6 is 11.6 Å². The van der Waals surface area contributed by atoms with Gasteiger partial charge in [-0.15, -0.1) is 0 Å². The monoisotopic (exact) mass is 368 g/mol. The summed E-state index contributed by atoms with van der Waals surface area (Å²) >= 11 is 6.34. The van der Waals surface area contributed by atoms with Crippen LogP contribution in [0.3, 0.4) is 0 Å². The first-order valence-corrected chi connectivity index (χ1v) is 7.96. The smallest absolute Gasteiger partial charge is 0.260 e. The normalized spacial score (nSPS) is 18.4. The molecule has 0 aliphatic carbocycles. The van der Waals surface area contributed by atoms with Crippen LogP contribution in [0.1, 0.15) is 5.56 Å². The summed E-state index contributed by atoms with van der Waals surface area (Å²) in [6.45, 7) is 1.70. The van der Waals surface area contributed by atoms with E-state index in [9.17, 15) is 9.90 Å². The van der Waals surface area contributed by atoms with Gasteiger partial charge in [-0.2, -0.15) is 4.99 Å². The summed E-state index contributed by atoms with van der Waals surface area (Å²) in [4.78, 5) is 15.7. The van der Waals surface area contributed by atoms with Gasteiger partial charge < -0.3 is 29.4 Å². The Morgan fingerprint density at radius 3 is 2.92 bits per heavy atom. The molecule has 1 aromatic carbocycles. The van der Waals surface area contributed by atoms with Gasteiger partial charge in [-0.3, -0.25) is 4.79 Å². The predicted octanol–water partition coefficient (Wildman–Crippen LogP) is 0.962. The number of fused-ring (bicyclic) bond motifs is 2. The largest absolute Gasteiger partial charge is 0.489 e. The first-order valence-electron chi connectivity index (χ1n) is 7.59. The summed E-state index contributed by atoms with van der Waals surface area (Å²) in [5, 5.41) is 12.0. The number of hydrogen-bond acceptors (Lipinski definition) is 7. The minimum absolute atomic E-state index is 0.0192. The van der Waals surface area contributed by atoms with Crippen molar-refractivity contribution in [1.29, 1.82) is 0 Å². The second-order valence-corrected chi connectivity index (χ2v) is 5.57. The lowest BCUT2D eigenvalue weighted by Gasteiger charge is -2.25. The molecule has 0 saturated carbocycles. The van der Waals surface area contributed by atoms with E-state index in [4.69, 9.17) is 30.5 Å². The zero-order chi connectivity index (χ0) is 17.8. The molecule has 2 N–H and O–H groups in total. The third-order valence-corrected chi connectivity index (χ3v) is 3.84. The van der Waals surface area contributed by atoms with Crippen molar-refractivity contribution in [3.05, 3.63) is 28.3 Å². The molecule has 0 bridgehead atoms. The van der Waals surface area contributed by atoms with Crippen molar-refractivity contribution >= 4 is 29.5 Å². The Labute approximate surface area is 149 Å². The van der Waals surface area contributed by atoms with Gasteiger partial charge >= 0.3 is 0 Å². The van der Waals surface area contributed by atoms with Gasteiger partial charge in [-0.25, -0.2) is 0 Å². The first kappa shape index (κ1) is 17.7. The standard InChI is InChI=1S/C16H17ClN2O6/c1-22-4-5-23-6-7-24-11-3-2-9-8-10-14(20)18-16(21)19-15(10)25-13(9)12(11)17/h2-3,8,16,21H,4-7H2,1H3,(H,18,20). The van der Waals surface area contributed by atoms with E-state index in [-0.39, 0.29) is 16.5 Å². The average molecular weight is 369 g/mol. The lowest BCUT2D eigenvalue weighted by Crippen LogP contribution is -2.43. The van der Waals surface area contributed by atoms with Crippen LogP contribution in [0.2, 0.25) is 5.02 Å². The third-order valence-electron chi connectivity index (χ3n) is 3.48. The average Bonchev–Trinajstić information content (AvgIpc) is 2.59. The van der Waals surface area contributed by atoms with Crippen LogP contribution in [0.25, 0.3) is 6.08 Å². The van der Waals surface area contributed by atoms with E-state index in [1.54, 1.807) is 25.3 Å². The Morgan fingerprint density at radius 2 is 2.12 bits per heavy atom. The number of carbonyl (C=O) groups excluding carboxylic acids is 1. The number of hydrogen-bond donors (Lipinski definition) is 2. The molecular formula is C16H17ClN2O6. The number of aliphatic hydroxyl groups excluding tert-OH is 1. The van der Waals surface area contributed by atoms with Gasteiger partial charge in [0.25, 0.3) is 5.91 Å². The topological polar surface area (TPSA) is 98.6 Å². The SMILES string of the molecule is COCCOCCOc1ccc2c(c1Cl)OC1=NC(O)NC(=O)C1=C2. The summed E-state index contributed by atoms with van der Waals surface area (Å²) in [7, 11) is 1.60. The second kappa shape index (κ2) is 7.83. The fraction of sp³-hybridized carbons (Fsp3) is 0.375. The van der Waals surface area contributed by atoms with Crippen molar-refractivity contribution in [2.75, 3.05) is 33.5 Å². The van der Waals surface area contributed by atoms with E-state index >= 15 is 0 Å². The Morgan fingerprint density at radius 1 is 1.32 bits per heavy atom. The molecule has 25 heavy (non-hydrogen) atoms. The van der Waals surface area contributed by atoms with Gasteiger partial charge in [-0.1, -0.05) is 11.6 Å². The summed E-state index contributed by atoms with van der Waals surface area (Å²) in [6.07, 6.45) is 0.256. The van der Waals surface area contributed by atoms with E-state index < -0.39 is 12.3 Å². The zero-order valence-electron chi connectivity index (χ0n) is 13.5. The highest BCUT2D eigenvalue weighted by atomic mass is 35.5. The maximum Gasteiger partial charge on any atom is 0.260 e. The molecule has 3 rings (SSSR count). The van der Waals surface area contributed by atoms with Crippen LogP contribution in [0.5, 0.6) is 11.5 Å². The van der Waals surface area contributed by atoms with Gasteiger partial charge in [0, 0.05) is 12.7 Å². The number of carbonyl (C=O) groups is 1. The molecule has 1 atom stereocenters. The molecule has 1 aromatic rings. The number of amides is 1. The van der Waals surface area contributed by atoms with Gasteiger partial charge in [0.15, 0.2) is 5.75 Å². The molecular weight excluding hydrogens is 352 g/mol. The van der Waals surface area contributed by atoms with E-state index in [0.29, 0.717) is 43.5 Å². The molecule has 0 radical (unpaired) electrons. The highest BCUT2D eigenvalue weighted by Gasteiger charge is 2.31. The number of aliphatic hydroxyl groups is 1. The number of benzene rings is 1. The van der Waals surface area contributed by atoms with Crippen molar-refractivity contribution in [2.24, 2.45) is 4.99 Å². The number of methoxy groups -OCH3 is 1. The molecule has 2 aliphatic rings. The molecule has 1 unspecified atom stereocenters. The van der Waals surface area contributed by atoms with E-state index in [0.717, 1.165) is 0 Å². The van der Waals surface area contributed by atoms with Crippen LogP contribution in [0.4, 0.5) is 0 Å². The van der Waals surface area contributed by atoms with Crippen molar-refractivity contribution in [2.45, 2.75) is 6.35 Å². The van der Waals surface area contributed by atoms with E-state index in [1.165, 1.54) is 0 Å². The summed E-state index contributed by atoms with van der Waals surface area (Å²) < 4.78 is 21.4. The Balaban J connectivity index is 1.72. The van der Waals surface area contributed by atoms with Gasteiger partial charge in [0.2, 0.25) is 12.2 Å². The second-order valence-electron chi connectivity index (χ2n) is 5.19. The maximum absolute atomic E-state index is 11.9. The van der Waals surface area contributed by atoms with Crippen LogP contribution in [-0.2, 0) is 14.3 Å². The van der Waals surface area contributed by atoms with Crippen molar-refractivity contribution < 1.29 is 28.8 Å². The highest BCUT2D eigenvalue weighted by Crippen LogP contribution is 2.41. The molecule has 1 amide bonds. The Hall–Kier alpha value is -2.13. The number of rotatable bonds is 7. The predicted molar refractivity (Wildman–Crippen MR) is 89.8 cm³/mol. The van der Waals surface area contributed by atoms with Crippen LogP contribution in [0.15, 0.2) is 22.7 Å². The highest BCUT2D eigenvalue weighted by molar-refractivity contribution is 6.35. The Bertz CT molecular complexity index is 734. The summed E-state index contributed by atoms with van der Waals surface area (Å²) in [6, 6.07) is 3.42.